The average Bonchev–Trinajstić information content (AvgIpc) is 2.46. The van der Waals surface area contributed by atoms with E-state index in [1.165, 1.54) is 19.2 Å². The first-order chi connectivity index (χ1) is 10.7. The molecule has 0 saturated heterocycles. The van der Waals surface area contributed by atoms with Crippen LogP contribution in [0.4, 0.5) is 5.69 Å². The molecule has 0 aromatic heterocycles. The van der Waals surface area contributed by atoms with E-state index in [2.05, 4.69) is 4.72 Å². The van der Waals surface area contributed by atoms with E-state index in [1.807, 2.05) is 0 Å². The predicted molar refractivity (Wildman–Crippen MR) is 84.6 cm³/mol. The Labute approximate surface area is 142 Å². The van der Waals surface area contributed by atoms with Crippen LogP contribution in [0, 0.1) is 0 Å². The van der Waals surface area contributed by atoms with Crippen molar-refractivity contribution in [2.45, 2.75) is 4.90 Å². The van der Waals surface area contributed by atoms with Crippen molar-refractivity contribution < 1.29 is 23.1 Å². The highest BCUT2D eigenvalue weighted by molar-refractivity contribution is 7.92. The van der Waals surface area contributed by atoms with Gasteiger partial charge in [0.1, 0.15) is 10.6 Å². The second kappa shape index (κ2) is 6.66. The van der Waals surface area contributed by atoms with Crippen molar-refractivity contribution >= 4 is 44.9 Å². The maximum atomic E-state index is 12.4. The molecule has 23 heavy (non-hydrogen) atoms. The highest BCUT2D eigenvalue weighted by Crippen LogP contribution is 2.30. The molecular formula is C14H10Cl2NO5S-. The number of nitrogens with one attached hydrogen (secondary N) is 1. The number of benzene rings is 2. The van der Waals surface area contributed by atoms with E-state index in [0.29, 0.717) is 5.75 Å². The number of sulfonamides is 1. The van der Waals surface area contributed by atoms with Gasteiger partial charge >= 0.3 is 0 Å². The Kier molecular flexibility index (Phi) is 5.03. The first kappa shape index (κ1) is 17.4. The number of carboxylic acids is 1. The van der Waals surface area contributed by atoms with Gasteiger partial charge in [0, 0.05) is 11.3 Å². The van der Waals surface area contributed by atoms with Crippen molar-refractivity contribution in [3.63, 3.8) is 0 Å². The van der Waals surface area contributed by atoms with Gasteiger partial charge in [-0.2, -0.15) is 0 Å². The van der Waals surface area contributed by atoms with Crippen molar-refractivity contribution in [2.75, 3.05) is 11.8 Å². The molecule has 0 bridgehead atoms. The van der Waals surface area contributed by atoms with Crippen molar-refractivity contribution in [1.29, 1.82) is 0 Å². The molecule has 0 amide bonds. The molecule has 2 rings (SSSR count). The topological polar surface area (TPSA) is 95.5 Å². The first-order valence-corrected chi connectivity index (χ1v) is 8.36. The van der Waals surface area contributed by atoms with Gasteiger partial charge in [-0.25, -0.2) is 8.42 Å². The van der Waals surface area contributed by atoms with E-state index in [-0.39, 0.29) is 15.7 Å². The summed E-state index contributed by atoms with van der Waals surface area (Å²) in [5.74, 6) is -1.05. The van der Waals surface area contributed by atoms with Gasteiger partial charge in [-0.3, -0.25) is 4.72 Å². The second-order valence-electron chi connectivity index (χ2n) is 4.38. The fraction of sp³-hybridized carbons (Fsp3) is 0.0714. The van der Waals surface area contributed by atoms with E-state index >= 15 is 0 Å². The highest BCUT2D eigenvalue weighted by Gasteiger charge is 2.21. The minimum atomic E-state index is -4.11. The van der Waals surface area contributed by atoms with Crippen LogP contribution in [-0.4, -0.2) is 21.5 Å². The van der Waals surface area contributed by atoms with Crippen LogP contribution in [0.25, 0.3) is 0 Å². The van der Waals surface area contributed by atoms with Gasteiger partial charge in [0.05, 0.1) is 23.1 Å². The fourth-order valence-corrected chi connectivity index (χ4v) is 3.67. The van der Waals surface area contributed by atoms with Crippen molar-refractivity contribution in [3.05, 3.63) is 52.0 Å². The Morgan fingerprint density at radius 1 is 1.13 bits per heavy atom. The molecule has 0 heterocycles. The quantitative estimate of drug-likeness (QED) is 0.864. The summed E-state index contributed by atoms with van der Waals surface area (Å²) < 4.78 is 32.0. The van der Waals surface area contributed by atoms with E-state index in [9.17, 15) is 18.3 Å². The molecule has 0 aliphatic heterocycles. The maximum absolute atomic E-state index is 12.4. The minimum Gasteiger partial charge on any atom is -0.545 e. The summed E-state index contributed by atoms with van der Waals surface area (Å²) in [6.45, 7) is 0. The Balaban J connectivity index is 2.42. The van der Waals surface area contributed by atoms with Gasteiger partial charge in [0.15, 0.2) is 0 Å². The second-order valence-corrected chi connectivity index (χ2v) is 6.85. The van der Waals surface area contributed by atoms with Gasteiger partial charge in [-0.1, -0.05) is 23.2 Å². The molecule has 2 aromatic rings. The number of hydrogen-bond acceptors (Lipinski definition) is 5. The predicted octanol–water partition coefficient (Wildman–Crippen LogP) is 2.17. The van der Waals surface area contributed by atoms with Gasteiger partial charge in [0.25, 0.3) is 10.0 Å². The zero-order valence-electron chi connectivity index (χ0n) is 11.7. The van der Waals surface area contributed by atoms with Crippen molar-refractivity contribution in [1.82, 2.24) is 0 Å². The van der Waals surface area contributed by atoms with Crippen LogP contribution in [0.15, 0.2) is 41.3 Å². The molecule has 122 valence electrons. The summed E-state index contributed by atoms with van der Waals surface area (Å²) in [6.07, 6.45) is 0. The highest BCUT2D eigenvalue weighted by atomic mass is 35.5. The lowest BCUT2D eigenvalue weighted by Gasteiger charge is -2.13. The lowest BCUT2D eigenvalue weighted by atomic mass is 10.2. The van der Waals surface area contributed by atoms with Gasteiger partial charge in [-0.05, 0) is 36.4 Å². The minimum absolute atomic E-state index is 0.207. The lowest BCUT2D eigenvalue weighted by Crippen LogP contribution is -2.23. The van der Waals surface area contributed by atoms with Gasteiger partial charge in [-0.15, -0.1) is 0 Å². The molecule has 0 saturated carbocycles. The molecule has 0 unspecified atom stereocenters. The van der Waals surface area contributed by atoms with Crippen LogP contribution in [0.2, 0.25) is 10.0 Å². The molecule has 9 heteroatoms. The molecule has 0 fully saturated rings. The van der Waals surface area contributed by atoms with Gasteiger partial charge in [0.2, 0.25) is 0 Å². The summed E-state index contributed by atoms with van der Waals surface area (Å²) in [5.41, 5.74) is -0.210. The number of anilines is 1. The summed E-state index contributed by atoms with van der Waals surface area (Å²) in [4.78, 5) is 10.6. The number of hydrogen-bond donors (Lipinski definition) is 1. The molecule has 2 aromatic carbocycles. The van der Waals surface area contributed by atoms with Crippen LogP contribution in [-0.2, 0) is 10.0 Å². The molecule has 0 atom stereocenters. The monoisotopic (exact) mass is 374 g/mol. The lowest BCUT2D eigenvalue weighted by molar-refractivity contribution is -0.255. The normalized spacial score (nSPS) is 11.1. The van der Waals surface area contributed by atoms with Crippen molar-refractivity contribution in [2.24, 2.45) is 0 Å². The van der Waals surface area contributed by atoms with E-state index < -0.39 is 26.5 Å². The zero-order valence-corrected chi connectivity index (χ0v) is 14.0. The molecule has 1 N–H and O–H groups in total. The Hall–Kier alpha value is -1.96. The van der Waals surface area contributed by atoms with E-state index in [1.54, 1.807) is 12.1 Å². The first-order valence-electron chi connectivity index (χ1n) is 6.12. The van der Waals surface area contributed by atoms with E-state index in [0.717, 1.165) is 12.1 Å². The Morgan fingerprint density at radius 2 is 1.74 bits per heavy atom. The van der Waals surface area contributed by atoms with Crippen LogP contribution in [0.3, 0.4) is 0 Å². The molecular weight excluding hydrogens is 365 g/mol. The summed E-state index contributed by atoms with van der Waals surface area (Å²) in [5, 5.41) is 10.6. The van der Waals surface area contributed by atoms with E-state index in [4.69, 9.17) is 27.9 Å². The third-order valence-corrected chi connectivity index (χ3v) is 5.03. The molecule has 0 radical (unpaired) electrons. The van der Waals surface area contributed by atoms with Gasteiger partial charge < -0.3 is 14.6 Å². The van der Waals surface area contributed by atoms with Crippen molar-refractivity contribution in [3.8, 4) is 5.75 Å². The maximum Gasteiger partial charge on any atom is 0.263 e. The third kappa shape index (κ3) is 3.87. The zero-order chi connectivity index (χ0) is 17.2. The number of ether oxygens (including phenoxy) is 1. The molecule has 0 aliphatic carbocycles. The Morgan fingerprint density at radius 3 is 2.26 bits per heavy atom. The fourth-order valence-electron chi connectivity index (χ4n) is 1.76. The molecule has 0 aliphatic rings. The number of carbonyl (C=O) groups excluding carboxylic acids is 1. The molecule has 6 nitrogen and oxygen atoms in total. The molecule has 0 spiro atoms. The van der Waals surface area contributed by atoms with Crippen LogP contribution < -0.4 is 14.6 Å². The number of rotatable bonds is 5. The standard InChI is InChI=1S/C14H11Cl2NO5S/c1-22-9-4-2-8(3-5-9)17-23(20,21)13-6-10(14(18)19)11(15)7-12(13)16/h2-7,17H,1H3,(H,18,19)/p-1. The number of carbonyl (C=O) groups is 1. The van der Waals surface area contributed by atoms with Crippen LogP contribution in [0.5, 0.6) is 5.75 Å². The van der Waals surface area contributed by atoms with Crippen LogP contribution >= 0.6 is 23.2 Å². The largest absolute Gasteiger partial charge is 0.545 e. The SMILES string of the molecule is COc1ccc(NS(=O)(=O)c2cc(C(=O)[O-])c(Cl)cc2Cl)cc1. The average molecular weight is 375 g/mol. The number of aromatic carboxylic acids is 1. The number of halogens is 2. The summed E-state index contributed by atoms with van der Waals surface area (Å²) >= 11 is 11.6. The number of methoxy groups -OCH3 is 1. The summed E-state index contributed by atoms with van der Waals surface area (Å²) in [6, 6.07) is 7.99. The number of carboxylic acid groups (broad SMARTS) is 1. The Bertz CT molecular complexity index is 850. The van der Waals surface area contributed by atoms with Crippen LogP contribution in [0.1, 0.15) is 10.4 Å². The summed E-state index contributed by atoms with van der Waals surface area (Å²) in [7, 11) is -2.63. The smallest absolute Gasteiger partial charge is 0.263 e. The third-order valence-electron chi connectivity index (χ3n) is 2.87.